The molecule has 32 heavy (non-hydrogen) atoms. The van der Waals surface area contributed by atoms with Crippen molar-refractivity contribution in [3.63, 3.8) is 0 Å². The maximum atomic E-state index is 12.8. The minimum atomic E-state index is -0.0916. The van der Waals surface area contributed by atoms with Gasteiger partial charge in [-0.05, 0) is 50.3 Å². The van der Waals surface area contributed by atoms with Gasteiger partial charge in [-0.3, -0.25) is 9.59 Å². The van der Waals surface area contributed by atoms with E-state index in [0.717, 1.165) is 44.6 Å². The highest BCUT2D eigenvalue weighted by atomic mass is 16.2. The predicted molar refractivity (Wildman–Crippen MR) is 129 cm³/mol. The fourth-order valence-corrected chi connectivity index (χ4v) is 4.31. The molecular weight excluding hydrogens is 400 g/mol. The number of aromatic nitrogens is 1. The van der Waals surface area contributed by atoms with Crippen molar-refractivity contribution in [2.75, 3.05) is 31.1 Å². The molecule has 1 fully saturated rings. The Morgan fingerprint density at radius 2 is 1.84 bits per heavy atom. The Bertz CT molecular complexity index is 865. The molecule has 2 heterocycles. The average Bonchev–Trinajstić information content (AvgIpc) is 2.83. The topological polar surface area (TPSA) is 65.5 Å². The standard InChI is InChI=1S/C26H36N4O2/c1-4-22(5-2)26(32)30-17-16-29(19-20(30)3)24-14-13-23(18-28-24)25(31)27-15-9-12-21-10-7-6-8-11-21/h6-8,10-11,13-14,18,20,22H,4-5,9,12,15-17,19H2,1-3H3,(H,27,31). The van der Waals surface area contributed by atoms with Gasteiger partial charge < -0.3 is 15.1 Å². The Kier molecular flexibility index (Phi) is 8.65. The number of piperazine rings is 1. The van der Waals surface area contributed by atoms with E-state index in [1.807, 2.05) is 35.2 Å². The molecule has 1 N–H and O–H groups in total. The van der Waals surface area contributed by atoms with E-state index in [1.165, 1.54) is 5.56 Å². The van der Waals surface area contributed by atoms with Crippen molar-refractivity contribution in [2.24, 2.45) is 5.92 Å². The van der Waals surface area contributed by atoms with Crippen LogP contribution in [0.3, 0.4) is 0 Å². The molecule has 0 aliphatic carbocycles. The Morgan fingerprint density at radius 1 is 1.09 bits per heavy atom. The lowest BCUT2D eigenvalue weighted by Crippen LogP contribution is -2.55. The van der Waals surface area contributed by atoms with Crippen molar-refractivity contribution in [1.82, 2.24) is 15.2 Å². The monoisotopic (exact) mass is 436 g/mol. The summed E-state index contributed by atoms with van der Waals surface area (Å²) in [5.41, 5.74) is 1.85. The molecule has 6 nitrogen and oxygen atoms in total. The second kappa shape index (κ2) is 11.7. The van der Waals surface area contributed by atoms with Crippen LogP contribution < -0.4 is 10.2 Å². The molecule has 6 heteroatoms. The molecule has 2 amide bonds. The number of amides is 2. The van der Waals surface area contributed by atoms with Gasteiger partial charge in [-0.15, -0.1) is 0 Å². The van der Waals surface area contributed by atoms with Crippen molar-refractivity contribution in [1.29, 1.82) is 0 Å². The van der Waals surface area contributed by atoms with Gasteiger partial charge in [0, 0.05) is 44.3 Å². The van der Waals surface area contributed by atoms with Crippen molar-refractivity contribution >= 4 is 17.6 Å². The van der Waals surface area contributed by atoms with Gasteiger partial charge in [0.2, 0.25) is 5.91 Å². The number of aryl methyl sites for hydroxylation is 1. The molecule has 0 bridgehead atoms. The number of benzene rings is 1. The second-order valence-corrected chi connectivity index (χ2v) is 8.59. The van der Waals surface area contributed by atoms with E-state index in [0.29, 0.717) is 18.7 Å². The van der Waals surface area contributed by atoms with E-state index in [-0.39, 0.29) is 23.8 Å². The third kappa shape index (κ3) is 6.09. The molecule has 1 atom stereocenters. The molecule has 3 rings (SSSR count). The summed E-state index contributed by atoms with van der Waals surface area (Å²) in [6.45, 7) is 9.12. The molecule has 172 valence electrons. The van der Waals surface area contributed by atoms with Crippen LogP contribution >= 0.6 is 0 Å². The molecule has 1 aromatic carbocycles. The first-order valence-corrected chi connectivity index (χ1v) is 11.9. The Labute approximate surface area is 192 Å². The maximum Gasteiger partial charge on any atom is 0.252 e. The van der Waals surface area contributed by atoms with Gasteiger partial charge in [0.05, 0.1) is 5.56 Å². The molecule has 1 unspecified atom stereocenters. The summed E-state index contributed by atoms with van der Waals surface area (Å²) in [6, 6.07) is 14.2. The van der Waals surface area contributed by atoms with Gasteiger partial charge in [0.1, 0.15) is 5.82 Å². The SMILES string of the molecule is CCC(CC)C(=O)N1CCN(c2ccc(C(=O)NCCCc3ccccc3)cn2)CC1C. The number of carbonyl (C=O) groups is 2. The van der Waals surface area contributed by atoms with Crippen molar-refractivity contribution in [2.45, 2.75) is 52.5 Å². The number of hydrogen-bond donors (Lipinski definition) is 1. The van der Waals surface area contributed by atoms with Crippen LogP contribution in [-0.4, -0.2) is 53.9 Å². The summed E-state index contributed by atoms with van der Waals surface area (Å²) in [5, 5.41) is 2.98. The third-order valence-electron chi connectivity index (χ3n) is 6.35. The van der Waals surface area contributed by atoms with Gasteiger partial charge in [0.15, 0.2) is 0 Å². The summed E-state index contributed by atoms with van der Waals surface area (Å²) in [5.74, 6) is 1.15. The Hall–Kier alpha value is -2.89. The quantitative estimate of drug-likeness (QED) is 0.605. The molecule has 0 spiro atoms. The van der Waals surface area contributed by atoms with E-state index >= 15 is 0 Å². The van der Waals surface area contributed by atoms with Gasteiger partial charge in [-0.1, -0.05) is 44.2 Å². The minimum absolute atomic E-state index is 0.0916. The van der Waals surface area contributed by atoms with Crippen LogP contribution in [0.1, 0.15) is 56.0 Å². The molecule has 1 aliphatic rings. The third-order valence-corrected chi connectivity index (χ3v) is 6.35. The van der Waals surface area contributed by atoms with E-state index in [1.54, 1.807) is 6.20 Å². The van der Waals surface area contributed by atoms with Crippen LogP contribution in [0, 0.1) is 5.92 Å². The molecular formula is C26H36N4O2. The number of carbonyl (C=O) groups excluding carboxylic acids is 2. The summed E-state index contributed by atoms with van der Waals surface area (Å²) in [7, 11) is 0. The van der Waals surface area contributed by atoms with Gasteiger partial charge in [0.25, 0.3) is 5.91 Å². The van der Waals surface area contributed by atoms with Gasteiger partial charge >= 0.3 is 0 Å². The van der Waals surface area contributed by atoms with Crippen LogP contribution in [0.15, 0.2) is 48.7 Å². The fraction of sp³-hybridized carbons (Fsp3) is 0.500. The second-order valence-electron chi connectivity index (χ2n) is 8.59. The van der Waals surface area contributed by atoms with E-state index < -0.39 is 0 Å². The fourth-order valence-electron chi connectivity index (χ4n) is 4.31. The first-order chi connectivity index (χ1) is 15.5. The first-order valence-electron chi connectivity index (χ1n) is 11.9. The minimum Gasteiger partial charge on any atom is -0.353 e. The summed E-state index contributed by atoms with van der Waals surface area (Å²) >= 11 is 0. The lowest BCUT2D eigenvalue weighted by Gasteiger charge is -2.41. The van der Waals surface area contributed by atoms with Crippen molar-refractivity contribution in [3.05, 3.63) is 59.8 Å². The molecule has 2 aromatic rings. The molecule has 0 saturated carbocycles. The number of anilines is 1. The highest BCUT2D eigenvalue weighted by molar-refractivity contribution is 5.94. The van der Waals surface area contributed by atoms with Crippen LogP contribution in [-0.2, 0) is 11.2 Å². The smallest absolute Gasteiger partial charge is 0.252 e. The predicted octanol–water partition coefficient (Wildman–Crippen LogP) is 3.92. The van der Waals surface area contributed by atoms with Crippen molar-refractivity contribution in [3.8, 4) is 0 Å². The number of nitrogens with zero attached hydrogens (tertiary/aromatic N) is 3. The first kappa shape index (κ1) is 23.8. The zero-order chi connectivity index (χ0) is 22.9. The largest absolute Gasteiger partial charge is 0.353 e. The van der Waals surface area contributed by atoms with Crippen molar-refractivity contribution < 1.29 is 9.59 Å². The summed E-state index contributed by atoms with van der Waals surface area (Å²) in [4.78, 5) is 33.9. The lowest BCUT2D eigenvalue weighted by atomic mass is 10.00. The summed E-state index contributed by atoms with van der Waals surface area (Å²) < 4.78 is 0. The Morgan fingerprint density at radius 3 is 2.47 bits per heavy atom. The van der Waals surface area contributed by atoms with E-state index in [9.17, 15) is 9.59 Å². The Balaban J connectivity index is 1.48. The number of rotatable bonds is 9. The van der Waals surface area contributed by atoms with Crippen LogP contribution in [0.5, 0.6) is 0 Å². The molecule has 1 aliphatic heterocycles. The van der Waals surface area contributed by atoms with E-state index in [2.05, 4.69) is 48.1 Å². The maximum absolute atomic E-state index is 12.8. The van der Waals surface area contributed by atoms with E-state index in [4.69, 9.17) is 0 Å². The molecule has 0 radical (unpaired) electrons. The molecule has 1 aromatic heterocycles. The highest BCUT2D eigenvalue weighted by Crippen LogP contribution is 2.21. The normalized spacial score (nSPS) is 16.3. The van der Waals surface area contributed by atoms with Crippen LogP contribution in [0.2, 0.25) is 0 Å². The number of pyridine rings is 1. The van der Waals surface area contributed by atoms with Gasteiger partial charge in [-0.25, -0.2) is 4.98 Å². The lowest BCUT2D eigenvalue weighted by molar-refractivity contribution is -0.138. The van der Waals surface area contributed by atoms with Crippen LogP contribution in [0.4, 0.5) is 5.82 Å². The zero-order valence-electron chi connectivity index (χ0n) is 19.6. The zero-order valence-corrected chi connectivity index (χ0v) is 19.6. The number of nitrogens with one attached hydrogen (secondary N) is 1. The highest BCUT2D eigenvalue weighted by Gasteiger charge is 2.30. The molecule has 1 saturated heterocycles. The van der Waals surface area contributed by atoms with Gasteiger partial charge in [-0.2, -0.15) is 0 Å². The average molecular weight is 437 g/mol. The number of hydrogen-bond acceptors (Lipinski definition) is 4. The summed E-state index contributed by atoms with van der Waals surface area (Å²) in [6.07, 6.45) is 5.27. The van der Waals surface area contributed by atoms with Crippen LogP contribution in [0.25, 0.3) is 0 Å².